The van der Waals surface area contributed by atoms with E-state index >= 15 is 0 Å². The third-order valence-electron chi connectivity index (χ3n) is 2.94. The molecular weight excluding hydrogens is 140 g/mol. The number of hydrogen-bond donors (Lipinski definition) is 1. The van der Waals surface area contributed by atoms with Crippen LogP contribution in [0.1, 0.15) is 27.2 Å². The summed E-state index contributed by atoms with van der Waals surface area (Å²) in [5.74, 6) is 0. The van der Waals surface area contributed by atoms with Crippen molar-refractivity contribution in [1.29, 1.82) is 0 Å². The maximum absolute atomic E-state index is 8.87. The molecule has 0 aromatic heterocycles. The van der Waals surface area contributed by atoms with Crippen LogP contribution in [0.2, 0.25) is 0 Å². The Morgan fingerprint density at radius 2 is 1.91 bits per heavy atom. The summed E-state index contributed by atoms with van der Waals surface area (Å²) in [5.41, 5.74) is 0.496. The maximum atomic E-state index is 8.87. The highest BCUT2D eigenvalue weighted by Crippen LogP contribution is 2.46. The quantitative estimate of drug-likeness (QED) is 0.658. The van der Waals surface area contributed by atoms with Crippen LogP contribution in [-0.4, -0.2) is 24.9 Å². The molecule has 2 nitrogen and oxygen atoms in total. The predicted molar refractivity (Wildman–Crippen MR) is 44.4 cm³/mol. The van der Waals surface area contributed by atoms with Crippen LogP contribution >= 0.6 is 0 Å². The zero-order chi connectivity index (χ0) is 8.54. The molecule has 11 heavy (non-hydrogen) atoms. The first-order chi connectivity index (χ1) is 5.02. The summed E-state index contributed by atoms with van der Waals surface area (Å²) in [6.45, 7) is 8.55. The molecule has 1 aliphatic rings. The van der Waals surface area contributed by atoms with E-state index in [1.807, 2.05) is 0 Å². The van der Waals surface area contributed by atoms with E-state index in [2.05, 4.69) is 20.8 Å². The van der Waals surface area contributed by atoms with Crippen molar-refractivity contribution in [2.45, 2.75) is 27.2 Å². The summed E-state index contributed by atoms with van der Waals surface area (Å²) in [5, 5.41) is 8.87. The molecule has 1 N–H and O–H groups in total. The Bertz CT molecular complexity index is 131. The monoisotopic (exact) mass is 158 g/mol. The van der Waals surface area contributed by atoms with Gasteiger partial charge < -0.3 is 9.84 Å². The molecule has 0 aromatic rings. The molecule has 1 fully saturated rings. The first kappa shape index (κ1) is 9.01. The Kier molecular flexibility index (Phi) is 2.26. The van der Waals surface area contributed by atoms with Crippen molar-refractivity contribution in [3.05, 3.63) is 0 Å². The van der Waals surface area contributed by atoms with Crippen LogP contribution in [0.25, 0.3) is 0 Å². The summed E-state index contributed by atoms with van der Waals surface area (Å²) < 4.78 is 5.21. The Hall–Kier alpha value is -0.0800. The molecule has 1 rings (SSSR count). The highest BCUT2D eigenvalue weighted by molar-refractivity contribution is 4.94. The van der Waals surface area contributed by atoms with Gasteiger partial charge in [-0.05, 0) is 11.8 Å². The molecular formula is C9H18O2. The van der Waals surface area contributed by atoms with Gasteiger partial charge in [-0.15, -0.1) is 0 Å². The Morgan fingerprint density at radius 3 is 2.00 bits per heavy atom. The molecule has 0 unspecified atom stereocenters. The average molecular weight is 158 g/mol. The van der Waals surface area contributed by atoms with Crippen LogP contribution < -0.4 is 0 Å². The van der Waals surface area contributed by atoms with Crippen molar-refractivity contribution in [2.24, 2.45) is 10.8 Å². The van der Waals surface area contributed by atoms with Crippen LogP contribution in [0.15, 0.2) is 0 Å². The normalized spacial score (nSPS) is 22.9. The molecule has 66 valence electrons. The lowest BCUT2D eigenvalue weighted by Crippen LogP contribution is -2.52. The summed E-state index contributed by atoms with van der Waals surface area (Å²) >= 11 is 0. The lowest BCUT2D eigenvalue weighted by Gasteiger charge is -2.51. The molecule has 0 spiro atoms. The zero-order valence-electron chi connectivity index (χ0n) is 7.68. The minimum absolute atomic E-state index is 0.238. The minimum Gasteiger partial charge on any atom is -0.396 e. The molecule has 0 atom stereocenters. The smallest absolute Gasteiger partial charge is 0.0550 e. The second kappa shape index (κ2) is 2.76. The largest absolute Gasteiger partial charge is 0.396 e. The second-order valence-corrected chi connectivity index (χ2v) is 4.50. The summed E-state index contributed by atoms with van der Waals surface area (Å²) in [4.78, 5) is 0. The summed E-state index contributed by atoms with van der Waals surface area (Å²) in [6, 6.07) is 0. The lowest BCUT2D eigenvalue weighted by molar-refractivity contribution is -0.178. The average Bonchev–Trinajstić information content (AvgIpc) is 1.75. The van der Waals surface area contributed by atoms with E-state index in [0.717, 1.165) is 19.6 Å². The first-order valence-corrected chi connectivity index (χ1v) is 4.20. The predicted octanol–water partition coefficient (Wildman–Crippen LogP) is 1.43. The lowest BCUT2D eigenvalue weighted by atomic mass is 9.63. The minimum atomic E-state index is 0.238. The van der Waals surface area contributed by atoms with E-state index in [4.69, 9.17) is 9.84 Å². The molecule has 1 heterocycles. The van der Waals surface area contributed by atoms with Crippen molar-refractivity contribution >= 4 is 0 Å². The van der Waals surface area contributed by atoms with E-state index in [9.17, 15) is 0 Å². The molecule has 0 radical (unpaired) electrons. The van der Waals surface area contributed by atoms with Crippen LogP contribution in [-0.2, 0) is 4.74 Å². The fourth-order valence-electron chi connectivity index (χ4n) is 1.51. The molecule has 0 amide bonds. The van der Waals surface area contributed by atoms with Gasteiger partial charge in [0.05, 0.1) is 13.2 Å². The molecule has 0 saturated carbocycles. The van der Waals surface area contributed by atoms with E-state index < -0.39 is 0 Å². The third-order valence-corrected chi connectivity index (χ3v) is 2.94. The molecule has 1 saturated heterocycles. The highest BCUT2D eigenvalue weighted by Gasteiger charge is 2.47. The second-order valence-electron chi connectivity index (χ2n) is 4.50. The van der Waals surface area contributed by atoms with Gasteiger partial charge in [0, 0.05) is 12.0 Å². The SMILES string of the molecule is CC(C)(C)C1(CCO)COC1. The van der Waals surface area contributed by atoms with Gasteiger partial charge in [0.2, 0.25) is 0 Å². The van der Waals surface area contributed by atoms with Gasteiger partial charge in [-0.3, -0.25) is 0 Å². The summed E-state index contributed by atoms with van der Waals surface area (Å²) in [7, 11) is 0. The Balaban J connectivity index is 2.60. The van der Waals surface area contributed by atoms with E-state index in [1.54, 1.807) is 0 Å². The van der Waals surface area contributed by atoms with E-state index in [1.165, 1.54) is 0 Å². The van der Waals surface area contributed by atoms with Gasteiger partial charge >= 0.3 is 0 Å². The highest BCUT2D eigenvalue weighted by atomic mass is 16.5. The fourth-order valence-corrected chi connectivity index (χ4v) is 1.51. The van der Waals surface area contributed by atoms with Gasteiger partial charge in [-0.2, -0.15) is 0 Å². The number of hydrogen-bond acceptors (Lipinski definition) is 2. The van der Waals surface area contributed by atoms with Gasteiger partial charge in [-0.1, -0.05) is 20.8 Å². The molecule has 1 aliphatic heterocycles. The Morgan fingerprint density at radius 1 is 1.36 bits per heavy atom. The van der Waals surface area contributed by atoms with Crippen molar-refractivity contribution < 1.29 is 9.84 Å². The van der Waals surface area contributed by atoms with E-state index in [-0.39, 0.29) is 17.4 Å². The first-order valence-electron chi connectivity index (χ1n) is 4.20. The standard InChI is InChI=1S/C9H18O2/c1-8(2,3)9(4-5-10)6-11-7-9/h10H,4-7H2,1-3H3. The topological polar surface area (TPSA) is 29.5 Å². The summed E-state index contributed by atoms with van der Waals surface area (Å²) in [6.07, 6.45) is 0.872. The number of ether oxygens (including phenoxy) is 1. The van der Waals surface area contributed by atoms with Crippen LogP contribution in [0.5, 0.6) is 0 Å². The molecule has 0 aromatic carbocycles. The van der Waals surface area contributed by atoms with Gasteiger partial charge in [0.25, 0.3) is 0 Å². The van der Waals surface area contributed by atoms with Crippen molar-refractivity contribution in [3.63, 3.8) is 0 Å². The van der Waals surface area contributed by atoms with E-state index in [0.29, 0.717) is 0 Å². The van der Waals surface area contributed by atoms with Crippen molar-refractivity contribution in [2.75, 3.05) is 19.8 Å². The molecule has 2 heteroatoms. The van der Waals surface area contributed by atoms with Crippen LogP contribution in [0, 0.1) is 10.8 Å². The third kappa shape index (κ3) is 1.42. The van der Waals surface area contributed by atoms with Gasteiger partial charge in [0.15, 0.2) is 0 Å². The number of aliphatic hydroxyl groups excluding tert-OH is 1. The van der Waals surface area contributed by atoms with Crippen LogP contribution in [0.4, 0.5) is 0 Å². The van der Waals surface area contributed by atoms with Gasteiger partial charge in [-0.25, -0.2) is 0 Å². The van der Waals surface area contributed by atoms with Crippen molar-refractivity contribution in [1.82, 2.24) is 0 Å². The molecule has 0 aliphatic carbocycles. The van der Waals surface area contributed by atoms with Crippen LogP contribution in [0.3, 0.4) is 0 Å². The van der Waals surface area contributed by atoms with Crippen molar-refractivity contribution in [3.8, 4) is 0 Å². The maximum Gasteiger partial charge on any atom is 0.0550 e. The number of aliphatic hydroxyl groups is 1. The zero-order valence-corrected chi connectivity index (χ0v) is 7.68. The fraction of sp³-hybridized carbons (Fsp3) is 1.00. The Labute approximate surface area is 68.6 Å². The van der Waals surface area contributed by atoms with Gasteiger partial charge in [0.1, 0.15) is 0 Å². The number of rotatable bonds is 2. The molecule has 0 bridgehead atoms.